The van der Waals surface area contributed by atoms with Crippen molar-refractivity contribution in [2.75, 3.05) is 6.54 Å². The highest BCUT2D eigenvalue weighted by Crippen LogP contribution is 2.26. The molecule has 0 radical (unpaired) electrons. The summed E-state index contributed by atoms with van der Waals surface area (Å²) in [6.45, 7) is 5.25. The Morgan fingerprint density at radius 1 is 1.19 bits per heavy atom. The fourth-order valence-electron chi connectivity index (χ4n) is 2.33. The Morgan fingerprint density at radius 3 is 2.57 bits per heavy atom. The topological polar surface area (TPSA) is 12.0 Å². The summed E-state index contributed by atoms with van der Waals surface area (Å²) in [4.78, 5) is 2.75. The van der Waals surface area contributed by atoms with Crippen molar-refractivity contribution in [3.63, 3.8) is 0 Å². The smallest absolute Gasteiger partial charge is 0.124 e. The van der Waals surface area contributed by atoms with Crippen molar-refractivity contribution >= 4 is 27.3 Å². The molecule has 0 amide bonds. The molecule has 114 valence electrons. The number of hydrogen-bond donors (Lipinski definition) is 1. The maximum atomic E-state index is 13.7. The van der Waals surface area contributed by atoms with Gasteiger partial charge >= 0.3 is 0 Å². The number of halogens is 2. The predicted octanol–water partition coefficient (Wildman–Crippen LogP) is 5.50. The molecule has 0 spiro atoms. The summed E-state index contributed by atoms with van der Waals surface area (Å²) < 4.78 is 14.4. The molecule has 1 atom stereocenters. The number of hydrogen-bond acceptors (Lipinski definition) is 2. The molecule has 2 rings (SSSR count). The molecule has 4 heteroatoms. The highest BCUT2D eigenvalue weighted by molar-refractivity contribution is 9.10. The average molecular weight is 370 g/mol. The third kappa shape index (κ3) is 4.90. The van der Waals surface area contributed by atoms with Crippen LogP contribution < -0.4 is 5.32 Å². The standard InChI is InChI=1S/C17H21BrFNS/c1-3-7-20-17(11-16-6-5-15(4-2)21-16)12-8-13(18)10-14(19)9-12/h5-6,8-10,17,20H,3-4,7,11H2,1-2H3. The monoisotopic (exact) mass is 369 g/mol. The highest BCUT2D eigenvalue weighted by atomic mass is 79.9. The summed E-state index contributed by atoms with van der Waals surface area (Å²) in [5.41, 5.74) is 1.00. The van der Waals surface area contributed by atoms with Crippen molar-refractivity contribution in [3.05, 3.63) is 55.9 Å². The Kier molecular flexibility index (Phi) is 6.40. The van der Waals surface area contributed by atoms with Gasteiger partial charge in [0.15, 0.2) is 0 Å². The molecule has 0 saturated carbocycles. The van der Waals surface area contributed by atoms with Crippen LogP contribution in [0.5, 0.6) is 0 Å². The normalized spacial score (nSPS) is 12.6. The van der Waals surface area contributed by atoms with E-state index in [9.17, 15) is 4.39 Å². The lowest BCUT2D eigenvalue weighted by molar-refractivity contribution is 0.526. The first-order chi connectivity index (χ1) is 10.1. The SMILES string of the molecule is CCCNC(Cc1ccc(CC)s1)c1cc(F)cc(Br)c1. The lowest BCUT2D eigenvalue weighted by atomic mass is 10.0. The first kappa shape index (κ1) is 16.7. The zero-order valence-electron chi connectivity index (χ0n) is 12.5. The van der Waals surface area contributed by atoms with Crippen molar-refractivity contribution in [1.82, 2.24) is 5.32 Å². The van der Waals surface area contributed by atoms with E-state index in [2.05, 4.69) is 47.2 Å². The number of benzene rings is 1. The van der Waals surface area contributed by atoms with Crippen LogP contribution in [-0.4, -0.2) is 6.54 Å². The van der Waals surface area contributed by atoms with E-state index < -0.39 is 0 Å². The largest absolute Gasteiger partial charge is 0.310 e. The van der Waals surface area contributed by atoms with Gasteiger partial charge in [-0.25, -0.2) is 4.39 Å². The second-order valence-corrected chi connectivity index (χ2v) is 7.30. The van der Waals surface area contributed by atoms with Gasteiger partial charge in [0, 0.05) is 26.7 Å². The lowest BCUT2D eigenvalue weighted by Gasteiger charge is -2.19. The minimum atomic E-state index is -0.192. The molecule has 1 nitrogen and oxygen atoms in total. The van der Waals surface area contributed by atoms with Gasteiger partial charge in [0.05, 0.1) is 0 Å². The molecule has 1 aromatic heterocycles. The number of rotatable bonds is 7. The second kappa shape index (κ2) is 8.06. The number of nitrogens with one attached hydrogen (secondary N) is 1. The quantitative estimate of drug-likeness (QED) is 0.679. The molecular weight excluding hydrogens is 349 g/mol. The number of aryl methyl sites for hydroxylation is 1. The Labute approximate surface area is 138 Å². The van der Waals surface area contributed by atoms with Gasteiger partial charge in [0.2, 0.25) is 0 Å². The van der Waals surface area contributed by atoms with Gasteiger partial charge in [-0.1, -0.05) is 29.8 Å². The van der Waals surface area contributed by atoms with Crippen molar-refractivity contribution in [2.24, 2.45) is 0 Å². The zero-order chi connectivity index (χ0) is 15.2. The van der Waals surface area contributed by atoms with E-state index in [0.717, 1.165) is 35.8 Å². The van der Waals surface area contributed by atoms with Gasteiger partial charge in [0.25, 0.3) is 0 Å². The van der Waals surface area contributed by atoms with Crippen LogP contribution in [0.1, 0.15) is 41.6 Å². The molecular formula is C17H21BrFNS. The molecule has 1 heterocycles. The third-order valence-electron chi connectivity index (χ3n) is 3.40. The molecule has 0 aliphatic heterocycles. The van der Waals surface area contributed by atoms with Crippen LogP contribution in [0.25, 0.3) is 0 Å². The Hall–Kier alpha value is -0.710. The molecule has 0 saturated heterocycles. The van der Waals surface area contributed by atoms with Gasteiger partial charge in [-0.2, -0.15) is 0 Å². The van der Waals surface area contributed by atoms with Crippen LogP contribution in [0.3, 0.4) is 0 Å². The molecule has 2 aromatic rings. The van der Waals surface area contributed by atoms with E-state index in [0.29, 0.717) is 0 Å². The van der Waals surface area contributed by atoms with E-state index in [-0.39, 0.29) is 11.9 Å². The average Bonchev–Trinajstić information content (AvgIpc) is 2.90. The molecule has 0 aliphatic rings. The summed E-state index contributed by atoms with van der Waals surface area (Å²) in [5, 5.41) is 3.54. The van der Waals surface area contributed by atoms with Crippen molar-refractivity contribution in [2.45, 2.75) is 39.2 Å². The third-order valence-corrected chi connectivity index (χ3v) is 5.11. The van der Waals surface area contributed by atoms with Crippen LogP contribution >= 0.6 is 27.3 Å². The molecule has 1 unspecified atom stereocenters. The fraction of sp³-hybridized carbons (Fsp3) is 0.412. The highest BCUT2D eigenvalue weighted by Gasteiger charge is 2.14. The first-order valence-electron chi connectivity index (χ1n) is 7.39. The summed E-state index contributed by atoms with van der Waals surface area (Å²) in [6, 6.07) is 9.68. The molecule has 1 aromatic carbocycles. The zero-order valence-corrected chi connectivity index (χ0v) is 14.9. The molecule has 0 fully saturated rings. The van der Waals surface area contributed by atoms with Crippen LogP contribution in [0.2, 0.25) is 0 Å². The van der Waals surface area contributed by atoms with E-state index in [4.69, 9.17) is 0 Å². The summed E-state index contributed by atoms with van der Waals surface area (Å²) in [5.74, 6) is -0.192. The maximum absolute atomic E-state index is 13.7. The Balaban J connectivity index is 2.20. The van der Waals surface area contributed by atoms with E-state index in [1.165, 1.54) is 15.8 Å². The molecule has 0 bridgehead atoms. The molecule has 1 N–H and O–H groups in total. The van der Waals surface area contributed by atoms with Crippen LogP contribution in [0.4, 0.5) is 4.39 Å². The summed E-state index contributed by atoms with van der Waals surface area (Å²) >= 11 is 5.24. The van der Waals surface area contributed by atoms with E-state index >= 15 is 0 Å². The van der Waals surface area contributed by atoms with Crippen LogP contribution in [0.15, 0.2) is 34.8 Å². The van der Waals surface area contributed by atoms with Gasteiger partial charge in [0.1, 0.15) is 5.82 Å². The van der Waals surface area contributed by atoms with Gasteiger partial charge in [-0.3, -0.25) is 0 Å². The van der Waals surface area contributed by atoms with Gasteiger partial charge in [-0.05, 0) is 55.3 Å². The second-order valence-electron chi connectivity index (χ2n) is 5.14. The van der Waals surface area contributed by atoms with Gasteiger partial charge in [-0.15, -0.1) is 11.3 Å². The maximum Gasteiger partial charge on any atom is 0.124 e. The van der Waals surface area contributed by atoms with Crippen molar-refractivity contribution < 1.29 is 4.39 Å². The summed E-state index contributed by atoms with van der Waals surface area (Å²) in [7, 11) is 0. The van der Waals surface area contributed by atoms with Crippen molar-refractivity contribution in [1.29, 1.82) is 0 Å². The van der Waals surface area contributed by atoms with E-state index in [1.807, 2.05) is 17.4 Å². The fourth-order valence-corrected chi connectivity index (χ4v) is 3.81. The van der Waals surface area contributed by atoms with Gasteiger partial charge < -0.3 is 5.32 Å². The van der Waals surface area contributed by atoms with Crippen LogP contribution in [-0.2, 0) is 12.8 Å². The Morgan fingerprint density at radius 2 is 1.95 bits per heavy atom. The molecule has 0 aliphatic carbocycles. The minimum Gasteiger partial charge on any atom is -0.310 e. The Bertz CT molecular complexity index is 562. The predicted molar refractivity (Wildman–Crippen MR) is 92.5 cm³/mol. The van der Waals surface area contributed by atoms with Crippen LogP contribution in [0, 0.1) is 5.82 Å². The minimum absolute atomic E-state index is 0.153. The number of thiophene rings is 1. The lowest BCUT2D eigenvalue weighted by Crippen LogP contribution is -2.24. The van der Waals surface area contributed by atoms with E-state index in [1.54, 1.807) is 6.07 Å². The van der Waals surface area contributed by atoms with Crippen molar-refractivity contribution in [3.8, 4) is 0 Å². The first-order valence-corrected chi connectivity index (χ1v) is 9.00. The molecule has 21 heavy (non-hydrogen) atoms. The summed E-state index contributed by atoms with van der Waals surface area (Å²) in [6.07, 6.45) is 3.04.